The summed E-state index contributed by atoms with van der Waals surface area (Å²) in [6, 6.07) is 12.3. The molecule has 0 aliphatic carbocycles. The van der Waals surface area contributed by atoms with E-state index in [0.717, 1.165) is 11.1 Å². The molecule has 1 N–H and O–H groups in total. The van der Waals surface area contributed by atoms with Crippen molar-refractivity contribution in [1.29, 1.82) is 0 Å². The Morgan fingerprint density at radius 3 is 2.28 bits per heavy atom. The number of nitrogens with one attached hydrogen (secondary N) is 1. The standard InChI is InChI=1S/C25H29FN2O4/c1-6-31-23(29)21-20(15-32-19-13-11-18(26)12-14-19)28(5)24(30)27-22(21)16-7-9-17(10-8-16)25(2,3)4/h7-14,22H,6,15H2,1-5H3,(H,27,30). The average molecular weight is 441 g/mol. The van der Waals surface area contributed by atoms with Crippen LogP contribution in [0.2, 0.25) is 0 Å². The molecule has 2 aromatic rings. The third-order valence-electron chi connectivity index (χ3n) is 5.37. The highest BCUT2D eigenvalue weighted by atomic mass is 19.1. The summed E-state index contributed by atoms with van der Waals surface area (Å²) in [5, 5.41) is 2.89. The molecule has 0 spiro atoms. The first-order valence-corrected chi connectivity index (χ1v) is 10.5. The molecule has 0 saturated carbocycles. The molecule has 2 aromatic carbocycles. The van der Waals surface area contributed by atoms with Gasteiger partial charge in [0.15, 0.2) is 0 Å². The lowest BCUT2D eigenvalue weighted by atomic mass is 9.85. The Bertz CT molecular complexity index is 1010. The van der Waals surface area contributed by atoms with Crippen LogP contribution >= 0.6 is 0 Å². The monoisotopic (exact) mass is 440 g/mol. The molecular formula is C25H29FN2O4. The molecule has 1 heterocycles. The van der Waals surface area contributed by atoms with E-state index < -0.39 is 12.0 Å². The average Bonchev–Trinajstić information content (AvgIpc) is 2.75. The van der Waals surface area contributed by atoms with Gasteiger partial charge in [-0.25, -0.2) is 14.0 Å². The maximum atomic E-state index is 13.2. The Balaban J connectivity index is 2.01. The molecule has 1 aliphatic rings. The molecule has 1 unspecified atom stereocenters. The zero-order chi connectivity index (χ0) is 23.5. The molecule has 32 heavy (non-hydrogen) atoms. The first-order chi connectivity index (χ1) is 15.1. The number of ether oxygens (including phenoxy) is 2. The Morgan fingerprint density at radius 1 is 1.09 bits per heavy atom. The molecule has 170 valence electrons. The van der Waals surface area contributed by atoms with Crippen LogP contribution in [-0.4, -0.2) is 37.2 Å². The number of nitrogens with zero attached hydrogens (tertiary/aromatic N) is 1. The third kappa shape index (κ3) is 5.10. The van der Waals surface area contributed by atoms with Crippen LogP contribution in [0.5, 0.6) is 5.75 Å². The molecule has 0 radical (unpaired) electrons. The van der Waals surface area contributed by atoms with Gasteiger partial charge >= 0.3 is 12.0 Å². The minimum atomic E-state index is -0.682. The fourth-order valence-electron chi connectivity index (χ4n) is 3.49. The molecule has 0 aromatic heterocycles. The summed E-state index contributed by atoms with van der Waals surface area (Å²) in [4.78, 5) is 27.0. The van der Waals surface area contributed by atoms with E-state index in [0.29, 0.717) is 17.0 Å². The summed E-state index contributed by atoms with van der Waals surface area (Å²) in [5.74, 6) is -0.480. The van der Waals surface area contributed by atoms with E-state index >= 15 is 0 Å². The van der Waals surface area contributed by atoms with Crippen molar-refractivity contribution in [2.24, 2.45) is 0 Å². The van der Waals surface area contributed by atoms with Crippen LogP contribution in [0, 0.1) is 5.82 Å². The van der Waals surface area contributed by atoms with Gasteiger partial charge < -0.3 is 14.8 Å². The van der Waals surface area contributed by atoms with Gasteiger partial charge in [0.05, 0.1) is 23.9 Å². The number of hydrogen-bond acceptors (Lipinski definition) is 4. The van der Waals surface area contributed by atoms with Gasteiger partial charge in [-0.2, -0.15) is 0 Å². The zero-order valence-corrected chi connectivity index (χ0v) is 19.1. The number of halogens is 1. The maximum Gasteiger partial charge on any atom is 0.338 e. The highest BCUT2D eigenvalue weighted by Gasteiger charge is 2.37. The highest BCUT2D eigenvalue weighted by molar-refractivity contribution is 5.95. The maximum absolute atomic E-state index is 13.2. The van der Waals surface area contributed by atoms with Crippen LogP contribution < -0.4 is 10.1 Å². The van der Waals surface area contributed by atoms with Crippen molar-refractivity contribution in [2.45, 2.75) is 39.2 Å². The molecule has 3 rings (SSSR count). The van der Waals surface area contributed by atoms with Crippen LogP contribution in [-0.2, 0) is 14.9 Å². The fraction of sp³-hybridized carbons (Fsp3) is 0.360. The minimum Gasteiger partial charge on any atom is -0.487 e. The highest BCUT2D eigenvalue weighted by Crippen LogP contribution is 2.33. The summed E-state index contributed by atoms with van der Waals surface area (Å²) < 4.78 is 24.3. The lowest BCUT2D eigenvalue weighted by Gasteiger charge is -2.34. The van der Waals surface area contributed by atoms with E-state index in [-0.39, 0.29) is 30.5 Å². The van der Waals surface area contributed by atoms with Crippen molar-refractivity contribution in [3.63, 3.8) is 0 Å². The second-order valence-corrected chi connectivity index (χ2v) is 8.64. The van der Waals surface area contributed by atoms with Gasteiger partial charge in [0.1, 0.15) is 18.2 Å². The van der Waals surface area contributed by atoms with Crippen molar-refractivity contribution < 1.29 is 23.5 Å². The summed E-state index contributed by atoms with van der Waals surface area (Å²) in [6.45, 7) is 8.23. The SMILES string of the molecule is CCOC(=O)C1=C(COc2ccc(F)cc2)N(C)C(=O)NC1c1ccc(C(C)(C)C)cc1. The van der Waals surface area contributed by atoms with Crippen molar-refractivity contribution in [1.82, 2.24) is 10.2 Å². The van der Waals surface area contributed by atoms with Crippen LogP contribution in [0.1, 0.15) is 44.9 Å². The first kappa shape index (κ1) is 23.3. The Hall–Kier alpha value is -3.35. The minimum absolute atomic E-state index is 0.0253. The van der Waals surface area contributed by atoms with Crippen LogP contribution in [0.4, 0.5) is 9.18 Å². The van der Waals surface area contributed by atoms with Crippen LogP contribution in [0.15, 0.2) is 59.8 Å². The topological polar surface area (TPSA) is 67.9 Å². The van der Waals surface area contributed by atoms with Gasteiger partial charge in [0.25, 0.3) is 0 Å². The number of urea groups is 1. The second-order valence-electron chi connectivity index (χ2n) is 8.64. The molecule has 0 fully saturated rings. The molecule has 1 atom stereocenters. The lowest BCUT2D eigenvalue weighted by Crippen LogP contribution is -2.48. The first-order valence-electron chi connectivity index (χ1n) is 10.5. The van der Waals surface area contributed by atoms with Gasteiger partial charge in [0, 0.05) is 7.05 Å². The van der Waals surface area contributed by atoms with Crippen molar-refractivity contribution in [3.05, 3.63) is 76.7 Å². The van der Waals surface area contributed by atoms with E-state index in [2.05, 4.69) is 26.1 Å². The van der Waals surface area contributed by atoms with Crippen molar-refractivity contribution in [2.75, 3.05) is 20.3 Å². The molecular weight excluding hydrogens is 411 g/mol. The zero-order valence-electron chi connectivity index (χ0n) is 19.1. The van der Waals surface area contributed by atoms with Crippen molar-refractivity contribution >= 4 is 12.0 Å². The molecule has 2 amide bonds. The Kier molecular flexibility index (Phi) is 6.87. The van der Waals surface area contributed by atoms with Gasteiger partial charge in [-0.15, -0.1) is 0 Å². The van der Waals surface area contributed by atoms with Crippen LogP contribution in [0.25, 0.3) is 0 Å². The predicted octanol–water partition coefficient (Wildman–Crippen LogP) is 4.72. The third-order valence-corrected chi connectivity index (χ3v) is 5.37. The molecule has 6 nitrogen and oxygen atoms in total. The summed E-state index contributed by atoms with van der Waals surface area (Å²) in [7, 11) is 1.57. The fourth-order valence-corrected chi connectivity index (χ4v) is 3.49. The summed E-state index contributed by atoms with van der Waals surface area (Å²) >= 11 is 0. The van der Waals surface area contributed by atoms with Crippen LogP contribution in [0.3, 0.4) is 0 Å². The Labute approximate surface area is 188 Å². The molecule has 0 bridgehead atoms. The van der Waals surface area contributed by atoms with E-state index in [9.17, 15) is 14.0 Å². The van der Waals surface area contributed by atoms with Crippen molar-refractivity contribution in [3.8, 4) is 5.75 Å². The predicted molar refractivity (Wildman–Crippen MR) is 120 cm³/mol. The number of carbonyl (C=O) groups excluding carboxylic acids is 2. The van der Waals surface area contributed by atoms with Gasteiger partial charge in [-0.1, -0.05) is 45.0 Å². The van der Waals surface area contributed by atoms with Gasteiger partial charge in [0.2, 0.25) is 0 Å². The quantitative estimate of drug-likeness (QED) is 0.661. The molecule has 0 saturated heterocycles. The summed E-state index contributed by atoms with van der Waals surface area (Å²) in [6.07, 6.45) is 0. The number of esters is 1. The lowest BCUT2D eigenvalue weighted by molar-refractivity contribution is -0.139. The number of likely N-dealkylation sites (N-methyl/N-ethyl adjacent to an activating group) is 1. The van der Waals surface area contributed by atoms with E-state index in [4.69, 9.17) is 9.47 Å². The normalized spacial score (nSPS) is 16.6. The molecule has 1 aliphatic heterocycles. The van der Waals surface area contributed by atoms with Gasteiger partial charge in [-0.3, -0.25) is 4.90 Å². The van der Waals surface area contributed by atoms with E-state index in [1.165, 1.54) is 29.2 Å². The summed E-state index contributed by atoms with van der Waals surface area (Å²) in [5.41, 5.74) is 2.58. The number of rotatable bonds is 6. The Morgan fingerprint density at radius 2 is 1.72 bits per heavy atom. The number of hydrogen-bond donors (Lipinski definition) is 1. The number of carbonyl (C=O) groups is 2. The number of amides is 2. The largest absolute Gasteiger partial charge is 0.487 e. The smallest absolute Gasteiger partial charge is 0.338 e. The van der Waals surface area contributed by atoms with Gasteiger partial charge in [-0.05, 0) is 47.7 Å². The molecule has 7 heteroatoms. The van der Waals surface area contributed by atoms with E-state index in [1.54, 1.807) is 14.0 Å². The number of benzene rings is 2. The second kappa shape index (κ2) is 9.42. The van der Waals surface area contributed by atoms with E-state index in [1.807, 2.05) is 24.3 Å².